The molecule has 0 saturated carbocycles. The van der Waals surface area contributed by atoms with E-state index in [1.54, 1.807) is 19.9 Å². The lowest BCUT2D eigenvalue weighted by molar-refractivity contribution is -0.154. The van der Waals surface area contributed by atoms with Crippen molar-refractivity contribution in [1.29, 1.82) is 0 Å². The van der Waals surface area contributed by atoms with Crippen molar-refractivity contribution < 1.29 is 19.1 Å². The number of carbonyl (C=O) groups is 3. The van der Waals surface area contributed by atoms with Crippen molar-refractivity contribution >= 4 is 39.4 Å². The summed E-state index contributed by atoms with van der Waals surface area (Å²) in [7, 11) is 1.49. The number of anilines is 1. The van der Waals surface area contributed by atoms with E-state index in [1.807, 2.05) is 19.1 Å². The second kappa shape index (κ2) is 8.67. The number of hydrogen-bond donors (Lipinski definition) is 1. The Morgan fingerprint density at radius 1 is 1.30 bits per heavy atom. The molecule has 0 radical (unpaired) electrons. The van der Waals surface area contributed by atoms with Crippen LogP contribution in [0.4, 0.5) is 5.69 Å². The van der Waals surface area contributed by atoms with Gasteiger partial charge in [-0.15, -0.1) is 0 Å². The molecule has 0 saturated heterocycles. The topological polar surface area (TPSA) is 75.7 Å². The SMILES string of the molecule is Cc1cc(Br)ccc1NC(=O)CN(C)C(=O)COC(=O)C(C)C. The smallest absolute Gasteiger partial charge is 0.308 e. The van der Waals surface area contributed by atoms with Crippen LogP contribution in [0.5, 0.6) is 0 Å². The van der Waals surface area contributed by atoms with E-state index >= 15 is 0 Å². The number of halogens is 1. The first kappa shape index (κ1) is 19.2. The molecule has 1 N–H and O–H groups in total. The zero-order chi connectivity index (χ0) is 17.6. The molecule has 0 atom stereocenters. The summed E-state index contributed by atoms with van der Waals surface area (Å²) >= 11 is 3.35. The quantitative estimate of drug-likeness (QED) is 0.763. The Morgan fingerprint density at radius 3 is 2.52 bits per heavy atom. The third-order valence-electron chi connectivity index (χ3n) is 3.08. The molecule has 0 bridgehead atoms. The van der Waals surface area contributed by atoms with Gasteiger partial charge in [-0.3, -0.25) is 14.4 Å². The summed E-state index contributed by atoms with van der Waals surface area (Å²) < 4.78 is 5.77. The van der Waals surface area contributed by atoms with Crippen LogP contribution in [-0.4, -0.2) is 42.9 Å². The second-order valence-corrected chi connectivity index (χ2v) is 6.44. The zero-order valence-electron chi connectivity index (χ0n) is 13.7. The van der Waals surface area contributed by atoms with Crippen molar-refractivity contribution in [3.63, 3.8) is 0 Å². The maximum Gasteiger partial charge on any atom is 0.308 e. The maximum absolute atomic E-state index is 12.0. The largest absolute Gasteiger partial charge is 0.455 e. The summed E-state index contributed by atoms with van der Waals surface area (Å²) in [6, 6.07) is 5.49. The van der Waals surface area contributed by atoms with Crippen molar-refractivity contribution in [3.8, 4) is 0 Å². The number of carbonyl (C=O) groups excluding carboxylic acids is 3. The Hall–Kier alpha value is -1.89. The summed E-state index contributed by atoms with van der Waals surface area (Å²) in [4.78, 5) is 36.4. The molecule has 0 aromatic heterocycles. The predicted octanol–water partition coefficient (Wildman–Crippen LogP) is 2.35. The van der Waals surface area contributed by atoms with Crippen molar-refractivity contribution in [2.75, 3.05) is 25.5 Å². The van der Waals surface area contributed by atoms with E-state index in [0.29, 0.717) is 5.69 Å². The predicted molar refractivity (Wildman–Crippen MR) is 90.9 cm³/mol. The van der Waals surface area contributed by atoms with Crippen molar-refractivity contribution in [1.82, 2.24) is 4.90 Å². The van der Waals surface area contributed by atoms with E-state index in [4.69, 9.17) is 4.74 Å². The number of likely N-dealkylation sites (N-methyl/N-ethyl adjacent to an activating group) is 1. The van der Waals surface area contributed by atoms with Gasteiger partial charge in [-0.25, -0.2) is 0 Å². The summed E-state index contributed by atoms with van der Waals surface area (Å²) in [6.45, 7) is 4.77. The van der Waals surface area contributed by atoms with E-state index in [1.165, 1.54) is 11.9 Å². The third-order valence-corrected chi connectivity index (χ3v) is 3.57. The van der Waals surface area contributed by atoms with Gasteiger partial charge >= 0.3 is 5.97 Å². The number of nitrogens with one attached hydrogen (secondary N) is 1. The number of rotatable bonds is 6. The number of esters is 1. The Morgan fingerprint density at radius 2 is 1.96 bits per heavy atom. The van der Waals surface area contributed by atoms with Crippen molar-refractivity contribution in [2.24, 2.45) is 5.92 Å². The van der Waals surface area contributed by atoms with Gasteiger partial charge in [0.25, 0.3) is 5.91 Å². The van der Waals surface area contributed by atoms with Gasteiger partial charge in [0.05, 0.1) is 12.5 Å². The van der Waals surface area contributed by atoms with Crippen LogP contribution in [0.1, 0.15) is 19.4 Å². The monoisotopic (exact) mass is 384 g/mol. The molecule has 0 aliphatic carbocycles. The highest BCUT2D eigenvalue weighted by atomic mass is 79.9. The fourth-order valence-corrected chi connectivity index (χ4v) is 2.15. The third kappa shape index (κ3) is 6.40. The molecule has 2 amide bonds. The van der Waals surface area contributed by atoms with E-state index in [2.05, 4.69) is 21.2 Å². The van der Waals surface area contributed by atoms with Gasteiger partial charge < -0.3 is 15.0 Å². The molecule has 1 rings (SSSR count). The second-order valence-electron chi connectivity index (χ2n) is 5.52. The first-order valence-corrected chi connectivity index (χ1v) is 7.96. The molecule has 6 nitrogen and oxygen atoms in total. The van der Waals surface area contributed by atoms with Crippen molar-refractivity contribution in [3.05, 3.63) is 28.2 Å². The van der Waals surface area contributed by atoms with Crippen LogP contribution in [0, 0.1) is 12.8 Å². The Kier molecular flexibility index (Phi) is 7.22. The van der Waals surface area contributed by atoms with Gasteiger partial charge in [0.15, 0.2) is 6.61 Å². The average molecular weight is 385 g/mol. The van der Waals surface area contributed by atoms with Crippen molar-refractivity contribution in [2.45, 2.75) is 20.8 Å². The molecule has 0 fully saturated rings. The van der Waals surface area contributed by atoms with Crippen LogP contribution in [0.15, 0.2) is 22.7 Å². The highest BCUT2D eigenvalue weighted by molar-refractivity contribution is 9.10. The standard InChI is InChI=1S/C16H21BrN2O4/c1-10(2)16(22)23-9-15(21)19(4)8-14(20)18-13-6-5-12(17)7-11(13)3/h5-7,10H,8-9H2,1-4H3,(H,18,20). The first-order valence-electron chi connectivity index (χ1n) is 7.17. The maximum atomic E-state index is 12.0. The molecule has 7 heteroatoms. The number of hydrogen-bond acceptors (Lipinski definition) is 4. The summed E-state index contributed by atoms with van der Waals surface area (Å²) in [5.41, 5.74) is 1.60. The van der Waals surface area contributed by atoms with Gasteiger partial charge in [0.1, 0.15) is 0 Å². The van der Waals surface area contributed by atoms with Gasteiger partial charge in [-0.1, -0.05) is 29.8 Å². The molecule has 0 spiro atoms. The molecule has 0 aliphatic rings. The molecule has 0 aliphatic heterocycles. The van der Waals surface area contributed by atoms with Gasteiger partial charge in [0, 0.05) is 17.2 Å². The van der Waals surface area contributed by atoms with E-state index in [-0.39, 0.29) is 25.0 Å². The highest BCUT2D eigenvalue weighted by Crippen LogP contribution is 2.19. The molecular formula is C16H21BrN2O4. The fourth-order valence-electron chi connectivity index (χ4n) is 1.67. The molecule has 0 unspecified atom stereocenters. The lowest BCUT2D eigenvalue weighted by Crippen LogP contribution is -2.37. The van der Waals surface area contributed by atoms with Crippen LogP contribution >= 0.6 is 15.9 Å². The molecule has 23 heavy (non-hydrogen) atoms. The number of nitrogens with zero attached hydrogens (tertiary/aromatic N) is 1. The Labute approximate surface area is 144 Å². The first-order chi connectivity index (χ1) is 10.7. The lowest BCUT2D eigenvalue weighted by atomic mass is 10.2. The van der Waals surface area contributed by atoms with Crippen LogP contribution in [-0.2, 0) is 19.1 Å². The van der Waals surface area contributed by atoms with Gasteiger partial charge in [0.2, 0.25) is 5.91 Å². The minimum Gasteiger partial charge on any atom is -0.455 e. The fraction of sp³-hybridized carbons (Fsp3) is 0.438. The minimum absolute atomic E-state index is 0.117. The van der Waals surface area contributed by atoms with E-state index in [0.717, 1.165) is 10.0 Å². The van der Waals surface area contributed by atoms with Crippen LogP contribution < -0.4 is 5.32 Å². The average Bonchev–Trinajstić information content (AvgIpc) is 2.46. The number of amides is 2. The zero-order valence-corrected chi connectivity index (χ0v) is 15.3. The summed E-state index contributed by atoms with van der Waals surface area (Å²) in [6.07, 6.45) is 0. The molecule has 1 aromatic carbocycles. The minimum atomic E-state index is -0.443. The molecular weight excluding hydrogens is 364 g/mol. The molecule has 0 heterocycles. The lowest BCUT2D eigenvalue weighted by Gasteiger charge is -2.17. The molecule has 1 aromatic rings. The number of benzene rings is 1. The van der Waals surface area contributed by atoms with Crippen LogP contribution in [0.25, 0.3) is 0 Å². The Bertz CT molecular complexity index is 602. The Balaban J connectivity index is 2.49. The highest BCUT2D eigenvalue weighted by Gasteiger charge is 2.16. The van der Waals surface area contributed by atoms with E-state index in [9.17, 15) is 14.4 Å². The van der Waals surface area contributed by atoms with Crippen LogP contribution in [0.2, 0.25) is 0 Å². The number of ether oxygens (including phenoxy) is 1. The number of aryl methyl sites for hydroxylation is 1. The van der Waals surface area contributed by atoms with E-state index < -0.39 is 11.9 Å². The molecule has 126 valence electrons. The van der Waals surface area contributed by atoms with Crippen LogP contribution in [0.3, 0.4) is 0 Å². The summed E-state index contributed by atoms with van der Waals surface area (Å²) in [5.74, 6) is -1.48. The summed E-state index contributed by atoms with van der Waals surface area (Å²) in [5, 5.41) is 2.74. The normalized spacial score (nSPS) is 10.3. The van der Waals surface area contributed by atoms with Gasteiger partial charge in [-0.2, -0.15) is 0 Å². The van der Waals surface area contributed by atoms with Gasteiger partial charge in [-0.05, 0) is 30.7 Å².